The lowest BCUT2D eigenvalue weighted by atomic mass is 9.70. The first kappa shape index (κ1) is 18.6. The first-order valence-corrected chi connectivity index (χ1v) is 9.37. The first-order valence-electron chi connectivity index (χ1n) is 8.56. The summed E-state index contributed by atoms with van der Waals surface area (Å²) in [5, 5.41) is 18.1. The van der Waals surface area contributed by atoms with Crippen molar-refractivity contribution in [3.8, 4) is 6.07 Å². The largest absolute Gasteiger partial charge is 0.466 e. The second-order valence-electron chi connectivity index (χ2n) is 7.61. The Labute approximate surface area is 157 Å². The minimum absolute atomic E-state index is 0.0136. The Morgan fingerprint density at radius 2 is 2.19 bits per heavy atom. The van der Waals surface area contributed by atoms with E-state index in [1.165, 1.54) is 18.4 Å². The van der Waals surface area contributed by atoms with Crippen molar-refractivity contribution in [2.24, 2.45) is 27.0 Å². The zero-order valence-electron chi connectivity index (χ0n) is 15.4. The van der Waals surface area contributed by atoms with Crippen LogP contribution in [0.2, 0.25) is 0 Å². The van der Waals surface area contributed by atoms with Gasteiger partial charge in [-0.1, -0.05) is 20.8 Å². The van der Waals surface area contributed by atoms with Gasteiger partial charge in [-0.15, -0.1) is 5.10 Å². The highest BCUT2D eigenvalue weighted by Crippen LogP contribution is 2.64. The van der Waals surface area contributed by atoms with Crippen molar-refractivity contribution < 1.29 is 14.3 Å². The molecule has 2 unspecified atom stereocenters. The fraction of sp³-hybridized carbons (Fsp3) is 0.611. The van der Waals surface area contributed by atoms with Gasteiger partial charge in [-0.25, -0.2) is 4.79 Å². The van der Waals surface area contributed by atoms with E-state index in [0.717, 1.165) is 36.4 Å². The highest BCUT2D eigenvalue weighted by atomic mass is 32.2. The second-order valence-corrected chi connectivity index (χ2v) is 8.62. The number of carbonyl (C=O) groups is 2. The van der Waals surface area contributed by atoms with Gasteiger partial charge in [0.05, 0.1) is 18.1 Å². The fourth-order valence-corrected chi connectivity index (χ4v) is 5.03. The molecule has 2 saturated carbocycles. The quantitative estimate of drug-likeness (QED) is 0.328. The topological polar surface area (TPSA) is 95.1 Å². The van der Waals surface area contributed by atoms with Crippen LogP contribution in [-0.4, -0.2) is 41.3 Å². The Kier molecular flexibility index (Phi) is 4.69. The van der Waals surface area contributed by atoms with Crippen LogP contribution in [0.25, 0.3) is 0 Å². The summed E-state index contributed by atoms with van der Waals surface area (Å²) in [6.45, 7) is 6.67. The molecule has 2 atom stereocenters. The summed E-state index contributed by atoms with van der Waals surface area (Å²) in [5.41, 5.74) is 1.26. The summed E-state index contributed by atoms with van der Waals surface area (Å²) in [6, 6.07) is 1.95. The van der Waals surface area contributed by atoms with Crippen LogP contribution in [-0.2, 0) is 14.3 Å². The van der Waals surface area contributed by atoms with Crippen LogP contribution >= 0.6 is 11.8 Å². The highest BCUT2D eigenvalue weighted by Gasteiger charge is 2.60. The Hall–Kier alpha value is -2.14. The molecule has 2 bridgehead atoms. The van der Waals surface area contributed by atoms with Crippen molar-refractivity contribution in [2.75, 3.05) is 13.7 Å². The van der Waals surface area contributed by atoms with Crippen LogP contribution in [0.15, 0.2) is 21.2 Å². The first-order chi connectivity index (χ1) is 12.2. The Bertz CT molecular complexity index is 793. The maximum absolute atomic E-state index is 12.4. The van der Waals surface area contributed by atoms with Gasteiger partial charge in [-0.05, 0) is 42.4 Å². The molecule has 1 heterocycles. The maximum atomic E-state index is 12.4. The standard InChI is InChI=1S/C18H22N4O3S/c1-17(2)11-5-6-18(17,3)13(9-11)20-21-16-22(8-7-19)15(24)12(26-16)10-14(23)25-4/h10-11H,5-6,8-9H2,1-4H3. The van der Waals surface area contributed by atoms with E-state index in [9.17, 15) is 9.59 Å². The number of methoxy groups -OCH3 is 1. The molecule has 1 saturated heterocycles. The third kappa shape index (κ3) is 2.75. The van der Waals surface area contributed by atoms with Crippen LogP contribution in [0.1, 0.15) is 40.0 Å². The van der Waals surface area contributed by atoms with Crippen molar-refractivity contribution in [1.29, 1.82) is 5.26 Å². The Morgan fingerprint density at radius 3 is 2.73 bits per heavy atom. The second kappa shape index (κ2) is 6.54. The number of rotatable bonds is 3. The third-order valence-corrected chi connectivity index (χ3v) is 7.33. The van der Waals surface area contributed by atoms with Gasteiger partial charge in [0.25, 0.3) is 5.91 Å². The number of carbonyl (C=O) groups excluding carboxylic acids is 2. The number of ether oxygens (including phenoxy) is 1. The molecule has 0 N–H and O–H groups in total. The lowest BCUT2D eigenvalue weighted by Crippen LogP contribution is -2.32. The van der Waals surface area contributed by atoms with Gasteiger partial charge in [0.2, 0.25) is 0 Å². The van der Waals surface area contributed by atoms with Crippen LogP contribution in [0.3, 0.4) is 0 Å². The SMILES string of the molecule is COC(=O)C=C1SC(=NN=C2CC3CCC2(C)C3(C)C)N(CC#N)C1=O. The van der Waals surface area contributed by atoms with Gasteiger partial charge in [0.15, 0.2) is 5.17 Å². The minimum Gasteiger partial charge on any atom is -0.466 e. The van der Waals surface area contributed by atoms with Crippen LogP contribution < -0.4 is 0 Å². The maximum Gasteiger partial charge on any atom is 0.331 e. The molecule has 138 valence electrons. The summed E-state index contributed by atoms with van der Waals surface area (Å²) < 4.78 is 4.57. The number of amides is 1. The molecule has 8 heteroatoms. The molecule has 3 aliphatic rings. The molecular formula is C18H22N4O3S. The van der Waals surface area contributed by atoms with Crippen LogP contribution in [0.4, 0.5) is 0 Å². The van der Waals surface area contributed by atoms with Crippen molar-refractivity contribution in [1.82, 2.24) is 4.90 Å². The Morgan fingerprint density at radius 1 is 1.46 bits per heavy atom. The molecule has 0 aromatic heterocycles. The zero-order chi connectivity index (χ0) is 19.1. The monoisotopic (exact) mass is 374 g/mol. The van der Waals surface area contributed by atoms with E-state index < -0.39 is 11.9 Å². The average Bonchev–Trinajstić information content (AvgIpc) is 3.08. The molecule has 0 aromatic carbocycles. The lowest BCUT2D eigenvalue weighted by molar-refractivity contribution is -0.135. The van der Waals surface area contributed by atoms with E-state index >= 15 is 0 Å². The number of amidine groups is 1. The minimum atomic E-state index is -0.618. The molecule has 3 rings (SSSR count). The number of esters is 1. The number of nitriles is 1. The van der Waals surface area contributed by atoms with Gasteiger partial charge >= 0.3 is 5.97 Å². The average molecular weight is 374 g/mol. The van der Waals surface area contributed by atoms with Gasteiger partial charge < -0.3 is 4.74 Å². The summed E-state index contributed by atoms with van der Waals surface area (Å²) in [4.78, 5) is 25.3. The van der Waals surface area contributed by atoms with E-state index in [-0.39, 0.29) is 22.3 Å². The van der Waals surface area contributed by atoms with Gasteiger partial charge in [0.1, 0.15) is 6.54 Å². The molecule has 0 spiro atoms. The van der Waals surface area contributed by atoms with Crippen molar-refractivity contribution in [2.45, 2.75) is 40.0 Å². The molecule has 1 aliphatic heterocycles. The summed E-state index contributed by atoms with van der Waals surface area (Å²) in [5.74, 6) is -0.442. The van der Waals surface area contributed by atoms with Crippen LogP contribution in [0, 0.1) is 28.1 Å². The van der Waals surface area contributed by atoms with E-state index in [1.54, 1.807) is 0 Å². The number of thioether (sulfide) groups is 1. The van der Waals surface area contributed by atoms with Crippen LogP contribution in [0.5, 0.6) is 0 Å². The molecule has 26 heavy (non-hydrogen) atoms. The number of fused-ring (bicyclic) bond motifs is 2. The molecule has 0 aromatic rings. The predicted octanol–water partition coefficient (Wildman–Crippen LogP) is 2.70. The van der Waals surface area contributed by atoms with Crippen molar-refractivity contribution in [3.63, 3.8) is 0 Å². The molecule has 3 fully saturated rings. The zero-order valence-corrected chi connectivity index (χ0v) is 16.2. The summed E-state index contributed by atoms with van der Waals surface area (Å²) >= 11 is 1.04. The van der Waals surface area contributed by atoms with Gasteiger partial charge in [0, 0.05) is 17.2 Å². The smallest absolute Gasteiger partial charge is 0.331 e. The van der Waals surface area contributed by atoms with E-state index in [0.29, 0.717) is 11.1 Å². The lowest BCUT2D eigenvalue weighted by Gasteiger charge is -2.34. The van der Waals surface area contributed by atoms with E-state index in [2.05, 4.69) is 35.7 Å². The van der Waals surface area contributed by atoms with Gasteiger partial charge in [-0.2, -0.15) is 10.4 Å². The predicted molar refractivity (Wildman–Crippen MR) is 99.1 cm³/mol. The Balaban J connectivity index is 1.90. The van der Waals surface area contributed by atoms with E-state index in [4.69, 9.17) is 5.26 Å². The van der Waals surface area contributed by atoms with E-state index in [1.807, 2.05) is 6.07 Å². The molecule has 0 radical (unpaired) electrons. The summed E-state index contributed by atoms with van der Waals surface area (Å²) in [7, 11) is 1.25. The highest BCUT2D eigenvalue weighted by molar-refractivity contribution is 8.18. The third-order valence-electron chi connectivity index (χ3n) is 6.34. The number of hydrogen-bond acceptors (Lipinski definition) is 7. The molecule has 1 amide bonds. The molecule has 2 aliphatic carbocycles. The van der Waals surface area contributed by atoms with Gasteiger partial charge in [-0.3, -0.25) is 9.69 Å². The van der Waals surface area contributed by atoms with Crippen molar-refractivity contribution in [3.05, 3.63) is 11.0 Å². The number of nitrogens with zero attached hydrogens (tertiary/aromatic N) is 4. The summed E-state index contributed by atoms with van der Waals surface area (Å²) in [6.07, 6.45) is 4.34. The normalized spacial score (nSPS) is 34.1. The molecule has 7 nitrogen and oxygen atoms in total. The number of hydrogen-bond donors (Lipinski definition) is 0. The molecular weight excluding hydrogens is 352 g/mol. The fourth-order valence-electron chi connectivity index (χ4n) is 4.14. The van der Waals surface area contributed by atoms with Crippen molar-refractivity contribution >= 4 is 34.5 Å².